The number of hydrogen-bond donors (Lipinski definition) is 0. The van der Waals surface area contributed by atoms with E-state index < -0.39 is 0 Å². The lowest BCUT2D eigenvalue weighted by atomic mass is 10.1. The van der Waals surface area contributed by atoms with E-state index in [0.29, 0.717) is 5.02 Å². The minimum absolute atomic E-state index is 0.699. The van der Waals surface area contributed by atoms with Gasteiger partial charge in [0.2, 0.25) is 0 Å². The molecule has 0 aliphatic carbocycles. The Morgan fingerprint density at radius 1 is 1.17 bits per heavy atom. The predicted molar refractivity (Wildman–Crippen MR) is 73.7 cm³/mol. The summed E-state index contributed by atoms with van der Waals surface area (Å²) in [6.07, 6.45) is 0. The van der Waals surface area contributed by atoms with Gasteiger partial charge in [0, 0.05) is 12.6 Å². The fraction of sp³-hybridized carbons (Fsp3) is 0.143. The molecule has 0 bridgehead atoms. The molecule has 90 valence electrons. The normalized spacial score (nSPS) is 11.1. The third-order valence-corrected chi connectivity index (χ3v) is 3.29. The molecule has 3 aromatic rings. The lowest BCUT2D eigenvalue weighted by Crippen LogP contribution is -1.93. The molecule has 1 aromatic carbocycles. The van der Waals surface area contributed by atoms with Crippen molar-refractivity contribution in [1.29, 1.82) is 0 Å². The van der Waals surface area contributed by atoms with Crippen molar-refractivity contribution in [2.24, 2.45) is 7.05 Å². The first kappa shape index (κ1) is 11.2. The molecular formula is C14H12ClN3. The van der Waals surface area contributed by atoms with Gasteiger partial charge in [-0.1, -0.05) is 41.9 Å². The molecule has 0 radical (unpaired) electrons. The van der Waals surface area contributed by atoms with Gasteiger partial charge < -0.3 is 0 Å². The van der Waals surface area contributed by atoms with Gasteiger partial charge in [0.1, 0.15) is 0 Å². The number of pyridine rings is 1. The summed E-state index contributed by atoms with van der Waals surface area (Å²) in [6.45, 7) is 1.94. The molecule has 18 heavy (non-hydrogen) atoms. The van der Waals surface area contributed by atoms with E-state index in [4.69, 9.17) is 11.6 Å². The average molecular weight is 258 g/mol. The largest absolute Gasteiger partial charge is 0.250 e. The van der Waals surface area contributed by atoms with Crippen LogP contribution in [0.15, 0.2) is 36.4 Å². The SMILES string of the molecule is Cc1nn(C)c2nc(-c3ccccc3)cc(Cl)c12. The highest BCUT2D eigenvalue weighted by Crippen LogP contribution is 2.29. The van der Waals surface area contributed by atoms with E-state index in [1.54, 1.807) is 4.68 Å². The van der Waals surface area contributed by atoms with E-state index in [-0.39, 0.29) is 0 Å². The Morgan fingerprint density at radius 3 is 2.61 bits per heavy atom. The molecule has 2 heterocycles. The number of aryl methyl sites for hydroxylation is 2. The molecular weight excluding hydrogens is 246 g/mol. The highest BCUT2D eigenvalue weighted by Gasteiger charge is 2.12. The zero-order valence-electron chi connectivity index (χ0n) is 10.2. The molecule has 4 heteroatoms. The molecule has 3 nitrogen and oxygen atoms in total. The van der Waals surface area contributed by atoms with Crippen LogP contribution in [0.3, 0.4) is 0 Å². The second-order valence-corrected chi connectivity index (χ2v) is 4.67. The van der Waals surface area contributed by atoms with Gasteiger partial charge in [0.25, 0.3) is 0 Å². The Bertz CT molecular complexity index is 717. The molecule has 0 N–H and O–H groups in total. The second-order valence-electron chi connectivity index (χ2n) is 4.26. The molecule has 0 atom stereocenters. The Hall–Kier alpha value is -1.87. The van der Waals surface area contributed by atoms with E-state index in [1.807, 2.05) is 50.4 Å². The molecule has 0 spiro atoms. The number of fused-ring (bicyclic) bond motifs is 1. The third-order valence-electron chi connectivity index (χ3n) is 2.99. The van der Waals surface area contributed by atoms with Crippen molar-refractivity contribution < 1.29 is 0 Å². The van der Waals surface area contributed by atoms with E-state index in [1.165, 1.54) is 0 Å². The first-order chi connectivity index (χ1) is 8.66. The molecule has 0 unspecified atom stereocenters. The third kappa shape index (κ3) is 1.68. The van der Waals surface area contributed by atoms with Crippen molar-refractivity contribution in [1.82, 2.24) is 14.8 Å². The number of hydrogen-bond acceptors (Lipinski definition) is 2. The minimum atomic E-state index is 0.699. The summed E-state index contributed by atoms with van der Waals surface area (Å²) in [5.74, 6) is 0. The van der Waals surface area contributed by atoms with Gasteiger partial charge in [-0.3, -0.25) is 4.68 Å². The zero-order chi connectivity index (χ0) is 12.7. The van der Waals surface area contributed by atoms with E-state index in [0.717, 1.165) is 28.0 Å². The van der Waals surface area contributed by atoms with Gasteiger partial charge in [0.05, 0.1) is 21.8 Å². The van der Waals surface area contributed by atoms with Gasteiger partial charge in [-0.2, -0.15) is 5.10 Å². The maximum Gasteiger partial charge on any atom is 0.159 e. The van der Waals surface area contributed by atoms with Crippen molar-refractivity contribution >= 4 is 22.6 Å². The fourth-order valence-corrected chi connectivity index (χ4v) is 2.47. The van der Waals surface area contributed by atoms with E-state index in [9.17, 15) is 0 Å². The van der Waals surface area contributed by atoms with Gasteiger partial charge >= 0.3 is 0 Å². The number of rotatable bonds is 1. The van der Waals surface area contributed by atoms with E-state index in [2.05, 4.69) is 10.1 Å². The Kier molecular flexibility index (Phi) is 2.56. The van der Waals surface area contributed by atoms with Crippen LogP contribution >= 0.6 is 11.6 Å². The summed E-state index contributed by atoms with van der Waals surface area (Å²) in [5.41, 5.74) is 3.65. The number of aromatic nitrogens is 3. The molecule has 3 rings (SSSR count). The monoisotopic (exact) mass is 257 g/mol. The summed E-state index contributed by atoms with van der Waals surface area (Å²) < 4.78 is 1.77. The molecule has 0 aliphatic heterocycles. The van der Waals surface area contributed by atoms with Gasteiger partial charge in [-0.05, 0) is 13.0 Å². The maximum absolute atomic E-state index is 6.34. The lowest BCUT2D eigenvalue weighted by molar-refractivity contribution is 0.774. The quantitative estimate of drug-likeness (QED) is 0.667. The predicted octanol–water partition coefficient (Wildman–Crippen LogP) is 3.60. The molecule has 0 saturated heterocycles. The summed E-state index contributed by atoms with van der Waals surface area (Å²) in [6, 6.07) is 11.9. The number of benzene rings is 1. The van der Waals surface area contributed by atoms with Crippen molar-refractivity contribution in [3.8, 4) is 11.3 Å². The van der Waals surface area contributed by atoms with Crippen LogP contribution in [-0.2, 0) is 7.05 Å². The first-order valence-electron chi connectivity index (χ1n) is 5.72. The number of halogens is 1. The molecule has 0 aliphatic rings. The van der Waals surface area contributed by atoms with Crippen LogP contribution in [0.1, 0.15) is 5.69 Å². The lowest BCUT2D eigenvalue weighted by Gasteiger charge is -2.03. The highest BCUT2D eigenvalue weighted by molar-refractivity contribution is 6.35. The molecule has 0 saturated carbocycles. The van der Waals surface area contributed by atoms with Gasteiger partial charge in [0.15, 0.2) is 5.65 Å². The Morgan fingerprint density at radius 2 is 1.89 bits per heavy atom. The average Bonchev–Trinajstić information content (AvgIpc) is 2.66. The Balaban J connectivity index is 2.31. The van der Waals surface area contributed by atoms with Crippen LogP contribution in [0.4, 0.5) is 0 Å². The smallest absolute Gasteiger partial charge is 0.159 e. The topological polar surface area (TPSA) is 30.7 Å². The molecule has 0 fully saturated rings. The second kappa shape index (κ2) is 4.10. The van der Waals surface area contributed by atoms with Crippen molar-refractivity contribution in [3.63, 3.8) is 0 Å². The summed E-state index contributed by atoms with van der Waals surface area (Å²) >= 11 is 6.34. The maximum atomic E-state index is 6.34. The van der Waals surface area contributed by atoms with Crippen molar-refractivity contribution in [3.05, 3.63) is 47.1 Å². The van der Waals surface area contributed by atoms with Crippen LogP contribution in [0.25, 0.3) is 22.3 Å². The van der Waals surface area contributed by atoms with Gasteiger partial charge in [-0.25, -0.2) is 4.98 Å². The fourth-order valence-electron chi connectivity index (χ4n) is 2.15. The Labute approximate surface area is 110 Å². The zero-order valence-corrected chi connectivity index (χ0v) is 10.9. The van der Waals surface area contributed by atoms with Crippen LogP contribution in [-0.4, -0.2) is 14.8 Å². The molecule has 0 amide bonds. The van der Waals surface area contributed by atoms with E-state index >= 15 is 0 Å². The highest BCUT2D eigenvalue weighted by atomic mass is 35.5. The van der Waals surface area contributed by atoms with Crippen molar-refractivity contribution in [2.75, 3.05) is 0 Å². The summed E-state index contributed by atoms with van der Waals surface area (Å²) in [4.78, 5) is 4.64. The minimum Gasteiger partial charge on any atom is -0.250 e. The van der Waals surface area contributed by atoms with Crippen LogP contribution in [0, 0.1) is 6.92 Å². The summed E-state index contributed by atoms with van der Waals surface area (Å²) in [5, 5.41) is 5.98. The van der Waals surface area contributed by atoms with Crippen LogP contribution in [0.2, 0.25) is 5.02 Å². The standard InChI is InChI=1S/C14H12ClN3/c1-9-13-11(15)8-12(10-6-4-3-5-7-10)16-14(13)18(2)17-9/h3-8H,1-2H3. The number of nitrogens with zero attached hydrogens (tertiary/aromatic N) is 3. The van der Waals surface area contributed by atoms with Gasteiger partial charge in [-0.15, -0.1) is 0 Å². The van der Waals surface area contributed by atoms with Crippen molar-refractivity contribution in [2.45, 2.75) is 6.92 Å². The van der Waals surface area contributed by atoms with Crippen LogP contribution < -0.4 is 0 Å². The first-order valence-corrected chi connectivity index (χ1v) is 6.10. The van der Waals surface area contributed by atoms with Crippen LogP contribution in [0.5, 0.6) is 0 Å². The summed E-state index contributed by atoms with van der Waals surface area (Å²) in [7, 11) is 1.88. The molecule has 2 aromatic heterocycles.